The quantitative estimate of drug-likeness (QED) is 0.737. The Bertz CT molecular complexity index is 454. The molecule has 0 spiro atoms. The molecule has 1 fully saturated rings. The van der Waals surface area contributed by atoms with Crippen LogP contribution in [0.3, 0.4) is 0 Å². The van der Waals surface area contributed by atoms with Crippen molar-refractivity contribution in [3.63, 3.8) is 0 Å². The van der Waals surface area contributed by atoms with Crippen LogP contribution in [0.5, 0.6) is 0 Å². The van der Waals surface area contributed by atoms with Crippen LogP contribution in [-0.2, 0) is 6.42 Å². The first-order valence-electron chi connectivity index (χ1n) is 8.43. The SMILES string of the molecule is CCCc1nc(Cl)c(C)c(NC2CCC(CCC)CC2)n1. The molecule has 1 saturated carbocycles. The first-order valence-corrected chi connectivity index (χ1v) is 8.81. The second kappa shape index (κ2) is 7.98. The standard InChI is InChI=1S/C17H28ClN3/c1-4-6-13-8-10-14(11-9-13)19-17-12(3)16(18)20-15(21-17)7-5-2/h13-14H,4-11H2,1-3H3,(H,19,20,21). The fraction of sp³-hybridized carbons (Fsp3) is 0.765. The van der Waals surface area contributed by atoms with Crippen LogP contribution in [0, 0.1) is 12.8 Å². The first-order chi connectivity index (χ1) is 10.1. The minimum atomic E-state index is 0.539. The van der Waals surface area contributed by atoms with E-state index in [1.165, 1.54) is 38.5 Å². The summed E-state index contributed by atoms with van der Waals surface area (Å²) in [6, 6.07) is 0.539. The predicted octanol–water partition coefficient (Wildman–Crippen LogP) is 5.16. The van der Waals surface area contributed by atoms with Crippen LogP contribution >= 0.6 is 11.6 Å². The zero-order valence-electron chi connectivity index (χ0n) is 13.6. The fourth-order valence-electron chi connectivity index (χ4n) is 3.21. The Labute approximate surface area is 133 Å². The largest absolute Gasteiger partial charge is 0.367 e. The molecule has 1 aromatic heterocycles. The van der Waals surface area contributed by atoms with Gasteiger partial charge in [0.2, 0.25) is 0 Å². The third-order valence-electron chi connectivity index (χ3n) is 4.49. The maximum atomic E-state index is 6.25. The molecule has 118 valence electrons. The molecule has 2 rings (SSSR count). The highest BCUT2D eigenvalue weighted by molar-refractivity contribution is 6.30. The van der Waals surface area contributed by atoms with E-state index >= 15 is 0 Å². The van der Waals surface area contributed by atoms with Crippen LogP contribution < -0.4 is 5.32 Å². The molecule has 0 bridgehead atoms. The van der Waals surface area contributed by atoms with E-state index in [1.54, 1.807) is 0 Å². The van der Waals surface area contributed by atoms with Crippen LogP contribution in [0.15, 0.2) is 0 Å². The second-order valence-electron chi connectivity index (χ2n) is 6.30. The van der Waals surface area contributed by atoms with Crippen molar-refractivity contribution in [2.45, 2.75) is 78.2 Å². The van der Waals surface area contributed by atoms with E-state index in [2.05, 4.69) is 29.1 Å². The van der Waals surface area contributed by atoms with Gasteiger partial charge < -0.3 is 5.32 Å². The molecule has 0 unspecified atom stereocenters. The Kier molecular flexibility index (Phi) is 6.28. The monoisotopic (exact) mass is 309 g/mol. The maximum absolute atomic E-state index is 6.25. The van der Waals surface area contributed by atoms with E-state index in [0.29, 0.717) is 11.2 Å². The summed E-state index contributed by atoms with van der Waals surface area (Å²) in [5.74, 6) is 2.73. The van der Waals surface area contributed by atoms with Crippen LogP contribution in [-0.4, -0.2) is 16.0 Å². The predicted molar refractivity (Wildman–Crippen MR) is 90.1 cm³/mol. The summed E-state index contributed by atoms with van der Waals surface area (Å²) in [4.78, 5) is 9.03. The number of nitrogens with zero attached hydrogens (tertiary/aromatic N) is 2. The van der Waals surface area contributed by atoms with Gasteiger partial charge in [0.1, 0.15) is 16.8 Å². The van der Waals surface area contributed by atoms with Crippen molar-refractivity contribution >= 4 is 17.4 Å². The van der Waals surface area contributed by atoms with Crippen molar-refractivity contribution in [2.24, 2.45) is 5.92 Å². The van der Waals surface area contributed by atoms with E-state index in [-0.39, 0.29) is 0 Å². The van der Waals surface area contributed by atoms with Gasteiger partial charge in [-0.2, -0.15) is 0 Å². The van der Waals surface area contributed by atoms with Crippen LogP contribution in [0.25, 0.3) is 0 Å². The van der Waals surface area contributed by atoms with Crippen molar-refractivity contribution in [1.29, 1.82) is 0 Å². The topological polar surface area (TPSA) is 37.8 Å². The summed E-state index contributed by atoms with van der Waals surface area (Å²) in [6.07, 6.45) is 9.79. The van der Waals surface area contributed by atoms with E-state index in [4.69, 9.17) is 11.6 Å². The molecule has 0 atom stereocenters. The van der Waals surface area contributed by atoms with E-state index in [1.807, 2.05) is 6.92 Å². The summed E-state index contributed by atoms with van der Waals surface area (Å²) < 4.78 is 0. The summed E-state index contributed by atoms with van der Waals surface area (Å²) in [6.45, 7) is 6.42. The van der Waals surface area contributed by atoms with Gasteiger partial charge in [-0.3, -0.25) is 0 Å². The summed E-state index contributed by atoms with van der Waals surface area (Å²) >= 11 is 6.25. The molecule has 1 heterocycles. The third kappa shape index (κ3) is 4.57. The lowest BCUT2D eigenvalue weighted by Gasteiger charge is -2.29. The maximum Gasteiger partial charge on any atom is 0.137 e. The van der Waals surface area contributed by atoms with Crippen molar-refractivity contribution in [2.75, 3.05) is 5.32 Å². The van der Waals surface area contributed by atoms with Gasteiger partial charge in [0.15, 0.2) is 0 Å². The zero-order valence-corrected chi connectivity index (χ0v) is 14.3. The smallest absolute Gasteiger partial charge is 0.137 e. The summed E-state index contributed by atoms with van der Waals surface area (Å²) in [7, 11) is 0. The van der Waals surface area contributed by atoms with Gasteiger partial charge in [0.05, 0.1) is 0 Å². The Morgan fingerprint density at radius 1 is 1.10 bits per heavy atom. The molecule has 0 aliphatic heterocycles. The number of aryl methyl sites for hydroxylation is 1. The lowest BCUT2D eigenvalue weighted by Crippen LogP contribution is -2.27. The zero-order chi connectivity index (χ0) is 15.2. The lowest BCUT2D eigenvalue weighted by atomic mass is 9.83. The van der Waals surface area contributed by atoms with Crippen LogP contribution in [0.2, 0.25) is 5.15 Å². The Morgan fingerprint density at radius 3 is 2.43 bits per heavy atom. The average Bonchev–Trinajstić information content (AvgIpc) is 2.47. The Hall–Kier alpha value is -0.830. The summed E-state index contributed by atoms with van der Waals surface area (Å²) in [5, 5.41) is 4.21. The number of anilines is 1. The van der Waals surface area contributed by atoms with Gasteiger partial charge in [0.25, 0.3) is 0 Å². The summed E-state index contributed by atoms with van der Waals surface area (Å²) in [5.41, 5.74) is 0.979. The normalized spacial score (nSPS) is 22.3. The number of hydrogen-bond donors (Lipinski definition) is 1. The van der Waals surface area contributed by atoms with Crippen molar-refractivity contribution in [3.8, 4) is 0 Å². The van der Waals surface area contributed by atoms with E-state index in [0.717, 1.165) is 36.0 Å². The van der Waals surface area contributed by atoms with Crippen LogP contribution in [0.1, 0.15) is 70.2 Å². The number of halogens is 1. The number of rotatable bonds is 6. The van der Waals surface area contributed by atoms with Gasteiger partial charge in [-0.05, 0) is 44.9 Å². The molecule has 21 heavy (non-hydrogen) atoms. The average molecular weight is 310 g/mol. The first kappa shape index (κ1) is 16.5. The van der Waals surface area contributed by atoms with Gasteiger partial charge in [0, 0.05) is 18.0 Å². The van der Waals surface area contributed by atoms with Crippen LogP contribution in [0.4, 0.5) is 5.82 Å². The second-order valence-corrected chi connectivity index (χ2v) is 6.66. The number of hydrogen-bond acceptors (Lipinski definition) is 3. The molecule has 1 aliphatic rings. The fourth-order valence-corrected chi connectivity index (χ4v) is 3.39. The lowest BCUT2D eigenvalue weighted by molar-refractivity contribution is 0.318. The van der Waals surface area contributed by atoms with Gasteiger partial charge in [-0.1, -0.05) is 38.3 Å². The molecular formula is C17H28ClN3. The van der Waals surface area contributed by atoms with Gasteiger partial charge in [-0.15, -0.1) is 0 Å². The minimum Gasteiger partial charge on any atom is -0.367 e. The van der Waals surface area contributed by atoms with Gasteiger partial charge in [-0.25, -0.2) is 9.97 Å². The molecule has 1 aromatic rings. The molecule has 1 N–H and O–H groups in total. The molecule has 0 amide bonds. The van der Waals surface area contributed by atoms with Crippen molar-refractivity contribution in [3.05, 3.63) is 16.5 Å². The Morgan fingerprint density at radius 2 is 1.81 bits per heavy atom. The van der Waals surface area contributed by atoms with Gasteiger partial charge >= 0.3 is 0 Å². The van der Waals surface area contributed by atoms with E-state index in [9.17, 15) is 0 Å². The molecule has 1 aliphatic carbocycles. The molecule has 4 heteroatoms. The molecule has 3 nitrogen and oxygen atoms in total. The highest BCUT2D eigenvalue weighted by atomic mass is 35.5. The Balaban J connectivity index is 1.99. The molecule has 0 aromatic carbocycles. The van der Waals surface area contributed by atoms with E-state index < -0.39 is 0 Å². The van der Waals surface area contributed by atoms with Crippen molar-refractivity contribution < 1.29 is 0 Å². The molecule has 0 saturated heterocycles. The molecular weight excluding hydrogens is 282 g/mol. The minimum absolute atomic E-state index is 0.539. The number of aromatic nitrogens is 2. The highest BCUT2D eigenvalue weighted by Gasteiger charge is 2.21. The molecule has 0 radical (unpaired) electrons. The number of nitrogens with one attached hydrogen (secondary N) is 1. The highest BCUT2D eigenvalue weighted by Crippen LogP contribution is 2.30. The van der Waals surface area contributed by atoms with Crippen molar-refractivity contribution in [1.82, 2.24) is 9.97 Å². The third-order valence-corrected chi connectivity index (χ3v) is 4.86.